The maximum atomic E-state index is 11.8. The van der Waals surface area contributed by atoms with Crippen LogP contribution in [0.1, 0.15) is 0 Å². The van der Waals surface area contributed by atoms with Gasteiger partial charge in [-0.05, 0) is 12.1 Å². The van der Waals surface area contributed by atoms with Crippen molar-refractivity contribution in [3.8, 4) is 0 Å². The van der Waals surface area contributed by atoms with Crippen LogP contribution in [0.4, 0.5) is 10.5 Å². The Bertz CT molecular complexity index is 512. The van der Waals surface area contributed by atoms with Crippen molar-refractivity contribution in [3.63, 3.8) is 0 Å². The third kappa shape index (κ3) is 1.36. The average molecular weight is 227 g/mol. The first kappa shape index (κ1) is 9.94. The number of amides is 2. The van der Waals surface area contributed by atoms with Gasteiger partial charge in [-0.15, -0.1) is 4.41 Å². The number of carbonyl (C=O) groups excluding carboxylic acids is 1. The van der Waals surface area contributed by atoms with Gasteiger partial charge in [-0.1, -0.05) is 12.1 Å². The standard InChI is InChI=1S/C8H9N3O3S/c1-9-11-8(12)10-6-4-2-3-5-7(6)15(11,13)14/h2-5,9H,1H3,(H,10,12). The van der Waals surface area contributed by atoms with Gasteiger partial charge >= 0.3 is 6.03 Å². The fourth-order valence-electron chi connectivity index (χ4n) is 1.39. The maximum absolute atomic E-state index is 11.8. The van der Waals surface area contributed by atoms with E-state index in [1.54, 1.807) is 12.1 Å². The second kappa shape index (κ2) is 3.21. The van der Waals surface area contributed by atoms with Gasteiger partial charge in [-0.3, -0.25) is 0 Å². The van der Waals surface area contributed by atoms with E-state index in [0.29, 0.717) is 10.1 Å². The molecule has 0 radical (unpaired) electrons. The molecule has 0 aliphatic carbocycles. The van der Waals surface area contributed by atoms with Crippen molar-refractivity contribution >= 4 is 21.7 Å². The van der Waals surface area contributed by atoms with Gasteiger partial charge in [0.2, 0.25) is 0 Å². The molecule has 2 N–H and O–H groups in total. The molecule has 0 bridgehead atoms. The summed E-state index contributed by atoms with van der Waals surface area (Å²) in [5.74, 6) is 0. The second-order valence-corrected chi connectivity index (χ2v) is 4.67. The second-order valence-electron chi connectivity index (χ2n) is 2.92. The van der Waals surface area contributed by atoms with E-state index in [1.165, 1.54) is 19.2 Å². The SMILES string of the molecule is CNN1C(=O)Nc2ccccc2S1(=O)=O. The van der Waals surface area contributed by atoms with Crippen LogP contribution < -0.4 is 10.7 Å². The number of sulfonamides is 1. The molecule has 15 heavy (non-hydrogen) atoms. The smallest absolute Gasteiger partial charge is 0.304 e. The minimum Gasteiger partial charge on any atom is -0.304 e. The first-order chi connectivity index (χ1) is 7.07. The Morgan fingerprint density at radius 2 is 2.00 bits per heavy atom. The van der Waals surface area contributed by atoms with Gasteiger partial charge in [0, 0.05) is 7.05 Å². The number of para-hydroxylation sites is 1. The Morgan fingerprint density at radius 1 is 1.33 bits per heavy atom. The number of hydrazine groups is 1. The van der Waals surface area contributed by atoms with Gasteiger partial charge in [0.05, 0.1) is 5.69 Å². The monoisotopic (exact) mass is 227 g/mol. The fraction of sp³-hybridized carbons (Fsp3) is 0.125. The topological polar surface area (TPSA) is 78.5 Å². The zero-order valence-electron chi connectivity index (χ0n) is 7.89. The molecule has 1 aromatic carbocycles. The Hall–Kier alpha value is -1.60. The van der Waals surface area contributed by atoms with E-state index in [1.807, 2.05) is 0 Å². The summed E-state index contributed by atoms with van der Waals surface area (Å²) < 4.78 is 24.3. The van der Waals surface area contributed by atoms with Crippen LogP contribution in [0.25, 0.3) is 0 Å². The molecule has 7 heteroatoms. The minimum absolute atomic E-state index is 0.0824. The highest BCUT2D eigenvalue weighted by molar-refractivity contribution is 7.90. The number of nitrogens with zero attached hydrogens (tertiary/aromatic N) is 1. The van der Waals surface area contributed by atoms with Gasteiger partial charge < -0.3 is 5.32 Å². The lowest BCUT2D eigenvalue weighted by Crippen LogP contribution is -2.50. The highest BCUT2D eigenvalue weighted by atomic mass is 32.2. The van der Waals surface area contributed by atoms with Crippen LogP contribution in [0.2, 0.25) is 0 Å². The molecule has 0 unspecified atom stereocenters. The zero-order valence-corrected chi connectivity index (χ0v) is 8.71. The lowest BCUT2D eigenvalue weighted by Gasteiger charge is -2.27. The van der Waals surface area contributed by atoms with Crippen LogP contribution in [0, 0.1) is 0 Å². The molecule has 80 valence electrons. The Kier molecular flexibility index (Phi) is 2.13. The van der Waals surface area contributed by atoms with Crippen molar-refractivity contribution in [2.45, 2.75) is 4.90 Å². The third-order valence-corrected chi connectivity index (χ3v) is 3.78. The molecular formula is C8H9N3O3S. The van der Waals surface area contributed by atoms with Gasteiger partial charge in [0.15, 0.2) is 0 Å². The fourth-order valence-corrected chi connectivity index (χ4v) is 2.74. The summed E-state index contributed by atoms with van der Waals surface area (Å²) in [5, 5.41) is 2.46. The van der Waals surface area contributed by atoms with E-state index in [4.69, 9.17) is 0 Å². The zero-order chi connectivity index (χ0) is 11.1. The maximum Gasteiger partial charge on any atom is 0.350 e. The molecule has 1 aliphatic heterocycles. The predicted molar refractivity (Wildman–Crippen MR) is 53.5 cm³/mol. The molecule has 0 fully saturated rings. The van der Waals surface area contributed by atoms with E-state index in [2.05, 4.69) is 10.7 Å². The third-order valence-electron chi connectivity index (χ3n) is 2.03. The molecule has 0 aromatic heterocycles. The molecule has 6 nitrogen and oxygen atoms in total. The predicted octanol–water partition coefficient (Wildman–Crippen LogP) is 0.357. The lowest BCUT2D eigenvalue weighted by molar-refractivity contribution is 0.226. The molecule has 0 saturated carbocycles. The van der Waals surface area contributed by atoms with Gasteiger partial charge in [-0.2, -0.15) is 8.42 Å². The van der Waals surface area contributed by atoms with Crippen LogP contribution in [0.15, 0.2) is 29.2 Å². The van der Waals surface area contributed by atoms with E-state index >= 15 is 0 Å². The van der Waals surface area contributed by atoms with E-state index in [-0.39, 0.29) is 4.90 Å². The molecule has 0 spiro atoms. The number of urea groups is 1. The minimum atomic E-state index is -3.77. The van der Waals surface area contributed by atoms with E-state index < -0.39 is 16.1 Å². The summed E-state index contributed by atoms with van der Waals surface area (Å²) in [6.45, 7) is 0. The van der Waals surface area contributed by atoms with E-state index in [0.717, 1.165) is 0 Å². The molecule has 0 atom stereocenters. The van der Waals surface area contributed by atoms with Crippen LogP contribution in [0.3, 0.4) is 0 Å². The average Bonchev–Trinajstić information content (AvgIpc) is 2.17. The number of rotatable bonds is 1. The lowest BCUT2D eigenvalue weighted by atomic mass is 10.3. The summed E-state index contributed by atoms with van der Waals surface area (Å²) in [4.78, 5) is 11.5. The van der Waals surface area contributed by atoms with Gasteiger partial charge in [-0.25, -0.2) is 10.2 Å². The first-order valence-electron chi connectivity index (χ1n) is 4.20. The summed E-state index contributed by atoms with van der Waals surface area (Å²) in [5.41, 5.74) is 2.62. The highest BCUT2D eigenvalue weighted by Gasteiger charge is 2.35. The van der Waals surface area contributed by atoms with Crippen molar-refractivity contribution in [3.05, 3.63) is 24.3 Å². The van der Waals surface area contributed by atoms with Crippen molar-refractivity contribution in [2.75, 3.05) is 12.4 Å². The summed E-state index contributed by atoms with van der Waals surface area (Å²) in [6, 6.07) is 5.52. The summed E-state index contributed by atoms with van der Waals surface area (Å²) in [6.07, 6.45) is 0. The highest BCUT2D eigenvalue weighted by Crippen LogP contribution is 2.27. The molecule has 1 aliphatic rings. The van der Waals surface area contributed by atoms with E-state index in [9.17, 15) is 13.2 Å². The number of nitrogens with one attached hydrogen (secondary N) is 2. The van der Waals surface area contributed by atoms with Crippen LogP contribution >= 0.6 is 0 Å². The van der Waals surface area contributed by atoms with Gasteiger partial charge in [0.25, 0.3) is 10.0 Å². The Balaban J connectivity index is 2.66. The van der Waals surface area contributed by atoms with Crippen LogP contribution in [-0.4, -0.2) is 25.9 Å². The quantitative estimate of drug-likeness (QED) is 0.726. The number of anilines is 1. The number of carbonyl (C=O) groups is 1. The van der Waals surface area contributed by atoms with Crippen molar-refractivity contribution in [2.24, 2.45) is 0 Å². The molecule has 2 amide bonds. The van der Waals surface area contributed by atoms with Crippen molar-refractivity contribution in [1.29, 1.82) is 0 Å². The molecule has 0 saturated heterocycles. The Morgan fingerprint density at radius 3 is 2.67 bits per heavy atom. The van der Waals surface area contributed by atoms with Crippen molar-refractivity contribution in [1.82, 2.24) is 9.84 Å². The van der Waals surface area contributed by atoms with Crippen molar-refractivity contribution < 1.29 is 13.2 Å². The number of fused-ring (bicyclic) bond motifs is 1. The number of hydrogen-bond acceptors (Lipinski definition) is 4. The van der Waals surface area contributed by atoms with Crippen LogP contribution in [-0.2, 0) is 10.0 Å². The molecule has 2 rings (SSSR count). The Labute approximate surface area is 86.9 Å². The molecular weight excluding hydrogens is 218 g/mol. The summed E-state index contributed by atoms with van der Waals surface area (Å²) >= 11 is 0. The number of benzene rings is 1. The largest absolute Gasteiger partial charge is 0.350 e. The summed E-state index contributed by atoms with van der Waals surface area (Å²) in [7, 11) is -2.41. The normalized spacial score (nSPS) is 18.2. The molecule has 1 heterocycles. The van der Waals surface area contributed by atoms with Crippen LogP contribution in [0.5, 0.6) is 0 Å². The molecule has 1 aromatic rings. The number of hydrogen-bond donors (Lipinski definition) is 2. The first-order valence-corrected chi connectivity index (χ1v) is 5.64. The van der Waals surface area contributed by atoms with Gasteiger partial charge in [0.1, 0.15) is 4.90 Å².